The fourth-order valence-electron chi connectivity index (χ4n) is 2.96. The van der Waals surface area contributed by atoms with Crippen LogP contribution < -0.4 is 0 Å². The summed E-state index contributed by atoms with van der Waals surface area (Å²) in [5.41, 5.74) is 1.54. The summed E-state index contributed by atoms with van der Waals surface area (Å²) in [7, 11) is 0. The van der Waals surface area contributed by atoms with Gasteiger partial charge in [-0.1, -0.05) is 62.9 Å². The smallest absolute Gasteiger partial charge is 0.276 e. The van der Waals surface area contributed by atoms with Crippen molar-refractivity contribution in [2.24, 2.45) is 5.16 Å². The maximum absolute atomic E-state index is 12.6. The summed E-state index contributed by atoms with van der Waals surface area (Å²) in [6.07, 6.45) is 13.7. The Morgan fingerprint density at radius 1 is 1.23 bits per heavy atom. The molecule has 1 heterocycles. The van der Waals surface area contributed by atoms with Crippen molar-refractivity contribution in [3.8, 4) is 0 Å². The average Bonchev–Trinajstić information content (AvgIpc) is 2.80. The standard InChI is InChI=1S/C18H28N2O2/c1-3-5-9-13-20-16-12-8-7-11-15(16)17(18(20)21)19-22-14-10-6-4-2/h7-8,11,16H,3-6,9-10,12-14H2,1-2H3. The number of amides is 1. The second-order valence-corrected chi connectivity index (χ2v) is 5.99. The van der Waals surface area contributed by atoms with Gasteiger partial charge in [0.05, 0.1) is 6.04 Å². The Kier molecular flexibility index (Phi) is 6.69. The number of fused-ring (bicyclic) bond motifs is 1. The summed E-state index contributed by atoms with van der Waals surface area (Å²) in [5, 5.41) is 4.16. The van der Waals surface area contributed by atoms with E-state index in [0.717, 1.165) is 57.1 Å². The number of rotatable bonds is 9. The number of allylic oxidation sites excluding steroid dienone is 2. The Hall–Kier alpha value is -1.58. The van der Waals surface area contributed by atoms with Gasteiger partial charge in [-0.15, -0.1) is 0 Å². The average molecular weight is 304 g/mol. The molecule has 0 spiro atoms. The second-order valence-electron chi connectivity index (χ2n) is 5.99. The van der Waals surface area contributed by atoms with Crippen LogP contribution in [-0.4, -0.2) is 35.7 Å². The number of hydrogen-bond acceptors (Lipinski definition) is 3. The van der Waals surface area contributed by atoms with E-state index in [0.29, 0.717) is 12.3 Å². The van der Waals surface area contributed by atoms with E-state index in [2.05, 4.69) is 25.1 Å². The van der Waals surface area contributed by atoms with Crippen LogP contribution in [0.3, 0.4) is 0 Å². The molecule has 22 heavy (non-hydrogen) atoms. The zero-order valence-corrected chi connectivity index (χ0v) is 13.9. The maximum Gasteiger partial charge on any atom is 0.276 e. The third-order valence-corrected chi connectivity index (χ3v) is 4.24. The summed E-state index contributed by atoms with van der Waals surface area (Å²) in [5.74, 6) is 0.0338. The molecule has 0 bridgehead atoms. The minimum atomic E-state index is 0.0338. The minimum Gasteiger partial charge on any atom is -0.395 e. The van der Waals surface area contributed by atoms with Gasteiger partial charge in [0.1, 0.15) is 6.61 Å². The highest BCUT2D eigenvalue weighted by Gasteiger charge is 2.41. The number of carbonyl (C=O) groups excluding carboxylic acids is 1. The molecule has 4 heteroatoms. The van der Waals surface area contributed by atoms with E-state index < -0.39 is 0 Å². The first kappa shape index (κ1) is 16.8. The molecule has 122 valence electrons. The Labute approximate surface area is 133 Å². The van der Waals surface area contributed by atoms with Gasteiger partial charge in [-0.3, -0.25) is 4.79 Å². The summed E-state index contributed by atoms with van der Waals surface area (Å²) in [6, 6.07) is 0.160. The fourth-order valence-corrected chi connectivity index (χ4v) is 2.96. The van der Waals surface area contributed by atoms with E-state index in [9.17, 15) is 4.79 Å². The molecular formula is C18H28N2O2. The van der Waals surface area contributed by atoms with Crippen LogP contribution in [-0.2, 0) is 9.63 Å². The van der Waals surface area contributed by atoms with Gasteiger partial charge in [0.2, 0.25) is 0 Å². The third kappa shape index (κ3) is 3.99. The molecular weight excluding hydrogens is 276 g/mol. The summed E-state index contributed by atoms with van der Waals surface area (Å²) < 4.78 is 0. The van der Waals surface area contributed by atoms with Crippen LogP contribution in [0.2, 0.25) is 0 Å². The molecule has 1 fully saturated rings. The van der Waals surface area contributed by atoms with Crippen LogP contribution in [0.25, 0.3) is 0 Å². The largest absolute Gasteiger partial charge is 0.395 e. The van der Waals surface area contributed by atoms with E-state index in [1.165, 1.54) is 0 Å². The molecule has 2 rings (SSSR count). The van der Waals surface area contributed by atoms with E-state index in [4.69, 9.17) is 4.84 Å². The Balaban J connectivity index is 2.01. The summed E-state index contributed by atoms with van der Waals surface area (Å²) in [4.78, 5) is 20.0. The van der Waals surface area contributed by atoms with Gasteiger partial charge in [0.15, 0.2) is 5.71 Å². The van der Waals surface area contributed by atoms with Crippen molar-refractivity contribution in [3.63, 3.8) is 0 Å². The normalized spacial score (nSPS) is 22.2. The quantitative estimate of drug-likeness (QED) is 0.480. The van der Waals surface area contributed by atoms with Crippen molar-refractivity contribution in [2.45, 2.75) is 64.8 Å². The van der Waals surface area contributed by atoms with E-state index in [-0.39, 0.29) is 11.9 Å². The third-order valence-electron chi connectivity index (χ3n) is 4.24. The Bertz CT molecular complexity index is 466. The number of likely N-dealkylation sites (tertiary alicyclic amines) is 1. The van der Waals surface area contributed by atoms with Crippen molar-refractivity contribution in [1.82, 2.24) is 4.90 Å². The zero-order valence-electron chi connectivity index (χ0n) is 13.9. The summed E-state index contributed by atoms with van der Waals surface area (Å²) in [6.45, 7) is 5.74. The lowest BCUT2D eigenvalue weighted by atomic mass is 9.99. The van der Waals surface area contributed by atoms with Gasteiger partial charge in [0, 0.05) is 12.1 Å². The monoisotopic (exact) mass is 304 g/mol. The number of hydrogen-bond donors (Lipinski definition) is 0. The van der Waals surface area contributed by atoms with Crippen LogP contribution in [0.1, 0.15) is 58.8 Å². The van der Waals surface area contributed by atoms with Gasteiger partial charge in [-0.2, -0.15) is 0 Å². The van der Waals surface area contributed by atoms with Crippen LogP contribution >= 0.6 is 0 Å². The number of oxime groups is 1. The van der Waals surface area contributed by atoms with Crippen molar-refractivity contribution >= 4 is 11.6 Å². The highest BCUT2D eigenvalue weighted by atomic mass is 16.6. The zero-order chi connectivity index (χ0) is 15.8. The van der Waals surface area contributed by atoms with Crippen LogP contribution in [0, 0.1) is 0 Å². The second kappa shape index (κ2) is 8.76. The minimum absolute atomic E-state index is 0.0338. The highest BCUT2D eigenvalue weighted by Crippen LogP contribution is 2.29. The van der Waals surface area contributed by atoms with Crippen molar-refractivity contribution < 1.29 is 9.63 Å². The van der Waals surface area contributed by atoms with Gasteiger partial charge in [-0.25, -0.2) is 0 Å². The van der Waals surface area contributed by atoms with Crippen molar-refractivity contribution in [3.05, 3.63) is 23.8 Å². The first-order valence-electron chi connectivity index (χ1n) is 8.67. The van der Waals surface area contributed by atoms with Gasteiger partial charge >= 0.3 is 0 Å². The molecule has 0 N–H and O–H groups in total. The van der Waals surface area contributed by atoms with Crippen LogP contribution in [0.5, 0.6) is 0 Å². The van der Waals surface area contributed by atoms with E-state index in [1.54, 1.807) is 0 Å². The predicted molar refractivity (Wildman–Crippen MR) is 89.8 cm³/mol. The SMILES string of the molecule is CCCCCON=C1C(=O)N(CCCCC)C2CC=CC=C12. The molecule has 1 saturated heterocycles. The van der Waals surface area contributed by atoms with E-state index in [1.807, 2.05) is 17.1 Å². The highest BCUT2D eigenvalue weighted by molar-refractivity contribution is 6.48. The molecule has 4 nitrogen and oxygen atoms in total. The fraction of sp³-hybridized carbons (Fsp3) is 0.667. The number of unbranched alkanes of at least 4 members (excludes halogenated alkanes) is 4. The number of nitrogens with zero attached hydrogens (tertiary/aromatic N) is 2. The Morgan fingerprint density at radius 3 is 2.77 bits per heavy atom. The van der Waals surface area contributed by atoms with Crippen molar-refractivity contribution in [2.75, 3.05) is 13.2 Å². The predicted octanol–water partition coefficient (Wildman–Crippen LogP) is 3.84. The molecule has 0 aromatic heterocycles. The lowest BCUT2D eigenvalue weighted by Gasteiger charge is -2.24. The first-order valence-corrected chi connectivity index (χ1v) is 8.67. The van der Waals surface area contributed by atoms with Gasteiger partial charge < -0.3 is 9.74 Å². The van der Waals surface area contributed by atoms with Crippen LogP contribution in [0.15, 0.2) is 29.0 Å². The first-order chi connectivity index (χ1) is 10.8. The van der Waals surface area contributed by atoms with E-state index >= 15 is 0 Å². The lowest BCUT2D eigenvalue weighted by Crippen LogP contribution is -2.35. The summed E-state index contributed by atoms with van der Waals surface area (Å²) >= 11 is 0. The molecule has 1 unspecified atom stereocenters. The lowest BCUT2D eigenvalue weighted by molar-refractivity contribution is -0.124. The van der Waals surface area contributed by atoms with Gasteiger partial charge in [-0.05, 0) is 19.3 Å². The molecule has 1 aliphatic carbocycles. The van der Waals surface area contributed by atoms with Crippen molar-refractivity contribution in [1.29, 1.82) is 0 Å². The van der Waals surface area contributed by atoms with Gasteiger partial charge in [0.25, 0.3) is 5.91 Å². The molecule has 2 aliphatic rings. The van der Waals surface area contributed by atoms with Crippen LogP contribution in [0.4, 0.5) is 0 Å². The molecule has 0 saturated carbocycles. The molecule has 1 aliphatic heterocycles. The molecule has 0 aromatic carbocycles. The number of carbonyl (C=O) groups is 1. The Morgan fingerprint density at radius 2 is 2.00 bits per heavy atom. The maximum atomic E-state index is 12.6. The molecule has 1 atom stereocenters. The topological polar surface area (TPSA) is 41.9 Å². The molecule has 0 aromatic rings. The molecule has 1 amide bonds. The molecule has 0 radical (unpaired) electrons.